The van der Waals surface area contributed by atoms with E-state index in [0.717, 1.165) is 21.7 Å². The summed E-state index contributed by atoms with van der Waals surface area (Å²) in [7, 11) is -3.98. The van der Waals surface area contributed by atoms with E-state index in [1.54, 1.807) is 11.3 Å². The molecule has 0 aliphatic carbocycles. The predicted molar refractivity (Wildman–Crippen MR) is 81.0 cm³/mol. The summed E-state index contributed by atoms with van der Waals surface area (Å²) in [6.07, 6.45) is 0. The van der Waals surface area contributed by atoms with Crippen LogP contribution >= 0.6 is 11.3 Å². The van der Waals surface area contributed by atoms with Crippen molar-refractivity contribution in [3.8, 4) is 0 Å². The number of esters is 1. The van der Waals surface area contributed by atoms with Crippen LogP contribution in [0.15, 0.2) is 51.3 Å². The van der Waals surface area contributed by atoms with E-state index >= 15 is 0 Å². The molecule has 0 bridgehead atoms. The first-order chi connectivity index (χ1) is 10.4. The van der Waals surface area contributed by atoms with Crippen molar-refractivity contribution in [3.05, 3.63) is 53.1 Å². The minimum atomic E-state index is -3.98. The molecule has 114 valence electrons. The lowest BCUT2D eigenvalue weighted by atomic mass is 10.2. The van der Waals surface area contributed by atoms with Gasteiger partial charge in [0, 0.05) is 10.3 Å². The highest BCUT2D eigenvalue weighted by Gasteiger charge is 2.18. The first-order valence-corrected chi connectivity index (χ1v) is 8.62. The molecule has 2 aromatic heterocycles. The molecule has 0 aliphatic rings. The Morgan fingerprint density at radius 2 is 2.00 bits per heavy atom. The van der Waals surface area contributed by atoms with Crippen LogP contribution in [0.1, 0.15) is 16.1 Å². The largest absolute Gasteiger partial charge is 0.455 e. The maximum Gasteiger partial charge on any atom is 0.374 e. The number of primary sulfonamides is 1. The number of rotatable bonds is 4. The van der Waals surface area contributed by atoms with Gasteiger partial charge in [0.05, 0.1) is 0 Å². The molecule has 0 saturated carbocycles. The van der Waals surface area contributed by atoms with Crippen LogP contribution < -0.4 is 5.14 Å². The van der Waals surface area contributed by atoms with Crippen molar-refractivity contribution in [2.45, 2.75) is 11.7 Å². The van der Waals surface area contributed by atoms with E-state index < -0.39 is 21.1 Å². The molecule has 0 aliphatic heterocycles. The quantitative estimate of drug-likeness (QED) is 0.737. The van der Waals surface area contributed by atoms with Gasteiger partial charge in [-0.05, 0) is 29.0 Å². The maximum absolute atomic E-state index is 11.9. The highest BCUT2D eigenvalue weighted by molar-refractivity contribution is 7.89. The number of nitrogens with two attached hydrogens (primary N) is 1. The number of carbonyl (C=O) groups is 1. The number of hydrogen-bond acceptors (Lipinski definition) is 6. The van der Waals surface area contributed by atoms with Crippen molar-refractivity contribution in [1.29, 1.82) is 0 Å². The molecule has 0 atom stereocenters. The van der Waals surface area contributed by atoms with Crippen molar-refractivity contribution >= 4 is 37.4 Å². The Hall–Kier alpha value is -2.16. The van der Waals surface area contributed by atoms with E-state index in [9.17, 15) is 13.2 Å². The average molecular weight is 337 g/mol. The highest BCUT2D eigenvalue weighted by Crippen LogP contribution is 2.26. The summed E-state index contributed by atoms with van der Waals surface area (Å²) in [6, 6.07) is 10.1. The van der Waals surface area contributed by atoms with E-state index in [0.29, 0.717) is 0 Å². The Bertz CT molecular complexity index is 939. The highest BCUT2D eigenvalue weighted by atomic mass is 32.2. The lowest BCUT2D eigenvalue weighted by Gasteiger charge is -2.02. The third-order valence-electron chi connectivity index (χ3n) is 2.98. The lowest BCUT2D eigenvalue weighted by Crippen LogP contribution is -2.11. The summed E-state index contributed by atoms with van der Waals surface area (Å²) in [5.74, 6) is -0.950. The number of carbonyl (C=O) groups excluding carboxylic acids is 1. The van der Waals surface area contributed by atoms with E-state index in [-0.39, 0.29) is 12.4 Å². The van der Waals surface area contributed by atoms with Crippen LogP contribution in [0.3, 0.4) is 0 Å². The molecular formula is C14H11NO5S2. The van der Waals surface area contributed by atoms with Crippen LogP contribution in [0.2, 0.25) is 0 Å². The summed E-state index contributed by atoms with van der Waals surface area (Å²) in [5.41, 5.74) is 0.882. The van der Waals surface area contributed by atoms with Crippen LogP contribution in [-0.4, -0.2) is 14.4 Å². The normalized spacial score (nSPS) is 11.7. The molecule has 2 heterocycles. The van der Waals surface area contributed by atoms with Gasteiger partial charge in [-0.15, -0.1) is 11.3 Å². The molecule has 0 spiro atoms. The molecule has 8 heteroatoms. The zero-order chi connectivity index (χ0) is 15.7. The minimum Gasteiger partial charge on any atom is -0.455 e. The number of benzene rings is 1. The number of hydrogen-bond donors (Lipinski definition) is 1. The molecule has 0 fully saturated rings. The van der Waals surface area contributed by atoms with Gasteiger partial charge >= 0.3 is 5.97 Å². The molecule has 0 unspecified atom stereocenters. The van der Waals surface area contributed by atoms with Crippen LogP contribution in [-0.2, 0) is 21.4 Å². The summed E-state index contributed by atoms with van der Waals surface area (Å²) in [6.45, 7) is 0.0776. The Morgan fingerprint density at radius 3 is 2.73 bits per heavy atom. The standard InChI is InChI=1S/C14H11NO5S2/c15-22(17,18)13-6-5-11(20-13)14(16)19-7-9-8-21-12-4-2-1-3-10(9)12/h1-6,8H,7H2,(H2,15,17,18). The zero-order valence-corrected chi connectivity index (χ0v) is 12.8. The molecular weight excluding hydrogens is 326 g/mol. The topological polar surface area (TPSA) is 99.6 Å². The van der Waals surface area contributed by atoms with Crippen LogP contribution in [0.4, 0.5) is 0 Å². The van der Waals surface area contributed by atoms with Crippen LogP contribution in [0, 0.1) is 0 Å². The summed E-state index contributed by atoms with van der Waals surface area (Å²) < 4.78 is 33.3. The van der Waals surface area contributed by atoms with Gasteiger partial charge in [0.15, 0.2) is 0 Å². The third-order valence-corrected chi connectivity index (χ3v) is 4.78. The van der Waals surface area contributed by atoms with Gasteiger partial charge in [-0.3, -0.25) is 0 Å². The molecule has 0 saturated heterocycles. The fourth-order valence-corrected chi connectivity index (χ4v) is 3.35. The SMILES string of the molecule is NS(=O)(=O)c1ccc(C(=O)OCc2csc3ccccc23)o1. The van der Waals surface area contributed by atoms with Gasteiger partial charge in [0.1, 0.15) is 6.61 Å². The average Bonchev–Trinajstić information content (AvgIpc) is 3.11. The van der Waals surface area contributed by atoms with E-state index in [1.165, 1.54) is 6.07 Å². The van der Waals surface area contributed by atoms with Crippen LogP contribution in [0.25, 0.3) is 10.1 Å². The van der Waals surface area contributed by atoms with Crippen molar-refractivity contribution in [2.75, 3.05) is 0 Å². The molecule has 3 rings (SSSR count). The summed E-state index contributed by atoms with van der Waals surface area (Å²) >= 11 is 1.56. The summed E-state index contributed by atoms with van der Waals surface area (Å²) in [4.78, 5) is 11.9. The Labute approximate surface area is 130 Å². The number of furan rings is 1. The zero-order valence-electron chi connectivity index (χ0n) is 11.2. The second-order valence-corrected chi connectivity index (χ2v) is 6.90. The fraction of sp³-hybridized carbons (Fsp3) is 0.0714. The van der Waals surface area contributed by atoms with Crippen molar-refractivity contribution in [3.63, 3.8) is 0 Å². The molecule has 0 amide bonds. The van der Waals surface area contributed by atoms with Gasteiger partial charge in [-0.25, -0.2) is 18.4 Å². The lowest BCUT2D eigenvalue weighted by molar-refractivity contribution is 0.0432. The van der Waals surface area contributed by atoms with Gasteiger partial charge < -0.3 is 9.15 Å². The molecule has 0 radical (unpaired) electrons. The first kappa shape index (κ1) is 14.8. The van der Waals surface area contributed by atoms with Gasteiger partial charge in [-0.1, -0.05) is 18.2 Å². The van der Waals surface area contributed by atoms with Crippen molar-refractivity contribution in [1.82, 2.24) is 0 Å². The Kier molecular flexibility index (Phi) is 3.73. The Balaban J connectivity index is 1.74. The van der Waals surface area contributed by atoms with Gasteiger partial charge in [0.25, 0.3) is 10.0 Å². The Morgan fingerprint density at radius 1 is 1.23 bits per heavy atom. The number of thiophene rings is 1. The van der Waals surface area contributed by atoms with Crippen molar-refractivity contribution in [2.24, 2.45) is 5.14 Å². The fourth-order valence-electron chi connectivity index (χ4n) is 1.94. The smallest absolute Gasteiger partial charge is 0.374 e. The van der Waals surface area contributed by atoms with E-state index in [1.807, 2.05) is 29.6 Å². The van der Waals surface area contributed by atoms with Crippen LogP contribution in [0.5, 0.6) is 0 Å². The second-order valence-electron chi connectivity index (χ2n) is 4.50. The third kappa shape index (κ3) is 2.89. The molecule has 3 aromatic rings. The second kappa shape index (κ2) is 5.56. The van der Waals surface area contributed by atoms with Gasteiger partial charge in [0.2, 0.25) is 10.9 Å². The van der Waals surface area contributed by atoms with Crippen molar-refractivity contribution < 1.29 is 22.4 Å². The number of sulfonamides is 1. The monoisotopic (exact) mass is 337 g/mol. The first-order valence-electron chi connectivity index (χ1n) is 6.20. The molecule has 6 nitrogen and oxygen atoms in total. The summed E-state index contributed by atoms with van der Waals surface area (Å²) in [5, 5.41) is 7.37. The number of fused-ring (bicyclic) bond motifs is 1. The van der Waals surface area contributed by atoms with E-state index in [4.69, 9.17) is 14.3 Å². The molecule has 22 heavy (non-hydrogen) atoms. The van der Waals surface area contributed by atoms with E-state index in [2.05, 4.69) is 0 Å². The minimum absolute atomic E-state index is 0.0776. The predicted octanol–water partition coefficient (Wildman–Crippen LogP) is 2.50. The molecule has 2 N–H and O–H groups in total. The van der Waals surface area contributed by atoms with Gasteiger partial charge in [-0.2, -0.15) is 0 Å². The molecule has 1 aromatic carbocycles. The maximum atomic E-state index is 11.9. The number of ether oxygens (including phenoxy) is 1.